The second kappa shape index (κ2) is 8.14. The maximum Gasteiger partial charge on any atom is 0.261 e. The lowest BCUT2D eigenvalue weighted by Crippen LogP contribution is -2.35. The molecule has 6 heteroatoms. The van der Waals surface area contributed by atoms with Crippen LogP contribution in [0.4, 0.5) is 0 Å². The fraction of sp³-hybridized carbons (Fsp3) is 0.286. The van der Waals surface area contributed by atoms with Crippen molar-refractivity contribution in [2.24, 2.45) is 5.73 Å². The number of carbonyl (C=O) groups excluding carboxylic acids is 3. The van der Waals surface area contributed by atoms with Gasteiger partial charge >= 0.3 is 0 Å². The number of hydrogen-bond acceptors (Lipinski definition) is 4. The summed E-state index contributed by atoms with van der Waals surface area (Å²) in [5, 5.41) is 2.81. The summed E-state index contributed by atoms with van der Waals surface area (Å²) in [4.78, 5) is 38.0. The first kappa shape index (κ1) is 18.8. The van der Waals surface area contributed by atoms with E-state index >= 15 is 0 Å². The van der Waals surface area contributed by atoms with E-state index in [1.54, 1.807) is 24.3 Å². The predicted molar refractivity (Wildman–Crippen MR) is 102 cm³/mol. The molecule has 0 aliphatic carbocycles. The Bertz CT molecular complexity index is 826. The summed E-state index contributed by atoms with van der Waals surface area (Å²) in [5.41, 5.74) is 8.77. The summed E-state index contributed by atoms with van der Waals surface area (Å²) in [6.45, 7) is 2.76. The Morgan fingerprint density at radius 2 is 1.59 bits per heavy atom. The van der Waals surface area contributed by atoms with Crippen LogP contribution in [-0.2, 0) is 4.79 Å². The molecule has 2 aromatic rings. The van der Waals surface area contributed by atoms with E-state index in [0.29, 0.717) is 37.1 Å². The van der Waals surface area contributed by atoms with Crippen molar-refractivity contribution >= 4 is 17.7 Å². The van der Waals surface area contributed by atoms with Gasteiger partial charge in [-0.1, -0.05) is 42.0 Å². The molecule has 0 spiro atoms. The summed E-state index contributed by atoms with van der Waals surface area (Å²) in [7, 11) is 0. The summed E-state index contributed by atoms with van der Waals surface area (Å²) in [6, 6.07) is 13.7. The highest BCUT2D eigenvalue weighted by atomic mass is 16.2. The smallest absolute Gasteiger partial charge is 0.261 e. The minimum atomic E-state index is -0.707. The molecule has 2 aromatic carbocycles. The molecule has 3 N–H and O–H groups in total. The summed E-state index contributed by atoms with van der Waals surface area (Å²) < 4.78 is 0. The molecule has 0 bridgehead atoms. The fourth-order valence-corrected chi connectivity index (χ4v) is 3.08. The third kappa shape index (κ3) is 4.06. The van der Waals surface area contributed by atoms with E-state index in [-0.39, 0.29) is 17.7 Å². The van der Waals surface area contributed by atoms with E-state index in [9.17, 15) is 14.4 Å². The molecule has 6 nitrogen and oxygen atoms in total. The van der Waals surface area contributed by atoms with Crippen molar-refractivity contribution in [1.29, 1.82) is 0 Å². The maximum atomic E-state index is 12.3. The number of nitrogens with one attached hydrogen (secondary N) is 1. The Labute approximate surface area is 158 Å². The predicted octanol–water partition coefficient (Wildman–Crippen LogP) is 2.19. The van der Waals surface area contributed by atoms with Crippen LogP contribution < -0.4 is 11.1 Å². The van der Waals surface area contributed by atoms with Crippen LogP contribution in [0.15, 0.2) is 48.5 Å². The van der Waals surface area contributed by atoms with Crippen molar-refractivity contribution in [3.63, 3.8) is 0 Å². The largest absolute Gasteiger partial charge is 0.354 e. The highest BCUT2D eigenvalue weighted by molar-refractivity contribution is 6.21. The monoisotopic (exact) mass is 365 g/mol. The average molecular weight is 365 g/mol. The fourth-order valence-electron chi connectivity index (χ4n) is 3.08. The van der Waals surface area contributed by atoms with Gasteiger partial charge < -0.3 is 11.1 Å². The number of nitrogens with zero attached hydrogens (tertiary/aromatic N) is 1. The van der Waals surface area contributed by atoms with Crippen LogP contribution in [0.1, 0.15) is 50.7 Å². The van der Waals surface area contributed by atoms with Crippen LogP contribution in [0.5, 0.6) is 0 Å². The van der Waals surface area contributed by atoms with Gasteiger partial charge in [0.1, 0.15) is 6.04 Å². The number of fused-ring (bicyclic) bond motifs is 1. The van der Waals surface area contributed by atoms with Gasteiger partial charge in [0.15, 0.2) is 0 Å². The molecule has 27 heavy (non-hydrogen) atoms. The Hall–Kier alpha value is -2.99. The lowest BCUT2D eigenvalue weighted by Gasteiger charge is -2.15. The van der Waals surface area contributed by atoms with Crippen LogP contribution in [0.3, 0.4) is 0 Å². The van der Waals surface area contributed by atoms with Crippen molar-refractivity contribution in [3.8, 4) is 0 Å². The summed E-state index contributed by atoms with van der Waals surface area (Å²) in [6.07, 6.45) is 1.27. The molecule has 0 radical (unpaired) electrons. The molecule has 0 saturated carbocycles. The van der Waals surface area contributed by atoms with Gasteiger partial charge in [0, 0.05) is 13.1 Å². The number of carbonyl (C=O) groups is 3. The van der Waals surface area contributed by atoms with Gasteiger partial charge in [-0.05, 0) is 37.5 Å². The van der Waals surface area contributed by atoms with E-state index in [2.05, 4.69) is 5.32 Å². The molecular weight excluding hydrogens is 342 g/mol. The lowest BCUT2D eigenvalue weighted by molar-refractivity contribution is -0.122. The van der Waals surface area contributed by atoms with E-state index in [1.165, 1.54) is 4.90 Å². The molecule has 1 heterocycles. The highest BCUT2D eigenvalue weighted by Crippen LogP contribution is 2.22. The van der Waals surface area contributed by atoms with Gasteiger partial charge in [-0.2, -0.15) is 0 Å². The number of benzene rings is 2. The van der Waals surface area contributed by atoms with Gasteiger partial charge in [-0.25, -0.2) is 0 Å². The normalized spacial score (nSPS) is 14.2. The van der Waals surface area contributed by atoms with Crippen LogP contribution >= 0.6 is 0 Å². The molecule has 3 amide bonds. The number of unbranched alkanes of at least 4 members (excludes halogenated alkanes) is 1. The number of amides is 3. The minimum absolute atomic E-state index is 0.236. The van der Waals surface area contributed by atoms with Gasteiger partial charge in [0.25, 0.3) is 11.8 Å². The third-order valence-corrected chi connectivity index (χ3v) is 4.70. The number of nitrogens with two attached hydrogens (primary N) is 1. The Kier molecular flexibility index (Phi) is 5.66. The topological polar surface area (TPSA) is 92.5 Å². The van der Waals surface area contributed by atoms with E-state index in [4.69, 9.17) is 5.73 Å². The van der Waals surface area contributed by atoms with Crippen LogP contribution in [0, 0.1) is 6.92 Å². The molecule has 1 atom stereocenters. The zero-order chi connectivity index (χ0) is 19.4. The van der Waals surface area contributed by atoms with E-state index in [1.807, 2.05) is 31.2 Å². The molecule has 1 aliphatic rings. The zero-order valence-corrected chi connectivity index (χ0v) is 15.3. The lowest BCUT2D eigenvalue weighted by atomic mass is 10.1. The maximum absolute atomic E-state index is 12.3. The van der Waals surface area contributed by atoms with Crippen molar-refractivity contribution in [2.45, 2.75) is 25.8 Å². The molecule has 1 unspecified atom stereocenters. The van der Waals surface area contributed by atoms with Crippen molar-refractivity contribution < 1.29 is 14.4 Å². The Balaban J connectivity index is 1.42. The molecular formula is C21H23N3O3. The van der Waals surface area contributed by atoms with Gasteiger partial charge in [-0.3, -0.25) is 19.3 Å². The van der Waals surface area contributed by atoms with Crippen molar-refractivity contribution in [1.82, 2.24) is 10.2 Å². The molecule has 1 aliphatic heterocycles. The second-order valence-electron chi connectivity index (χ2n) is 6.69. The van der Waals surface area contributed by atoms with Crippen LogP contribution in [0.2, 0.25) is 0 Å². The van der Waals surface area contributed by atoms with Gasteiger partial charge in [-0.15, -0.1) is 0 Å². The Morgan fingerprint density at radius 3 is 2.19 bits per heavy atom. The minimum Gasteiger partial charge on any atom is -0.354 e. The molecule has 0 fully saturated rings. The molecule has 140 valence electrons. The zero-order valence-electron chi connectivity index (χ0n) is 15.3. The van der Waals surface area contributed by atoms with Crippen molar-refractivity contribution in [3.05, 3.63) is 70.8 Å². The number of rotatable bonds is 7. The average Bonchev–Trinajstić information content (AvgIpc) is 2.92. The molecule has 0 saturated heterocycles. The van der Waals surface area contributed by atoms with Crippen molar-refractivity contribution in [2.75, 3.05) is 13.1 Å². The van der Waals surface area contributed by atoms with Crippen LogP contribution in [0.25, 0.3) is 0 Å². The number of aryl methyl sites for hydroxylation is 1. The first-order chi connectivity index (χ1) is 13.0. The standard InChI is InChI=1S/C21H23N3O3/c1-14-8-10-15(11-9-14)18(22)19(25)23-12-4-5-13-24-20(26)16-6-2-3-7-17(16)21(24)27/h2-3,6-11,18H,4-5,12-13,22H2,1H3,(H,23,25). The van der Waals surface area contributed by atoms with E-state index < -0.39 is 6.04 Å². The van der Waals surface area contributed by atoms with E-state index in [0.717, 1.165) is 11.1 Å². The quantitative estimate of drug-likeness (QED) is 0.581. The summed E-state index contributed by atoms with van der Waals surface area (Å²) >= 11 is 0. The first-order valence-electron chi connectivity index (χ1n) is 9.04. The second-order valence-corrected chi connectivity index (χ2v) is 6.69. The Morgan fingerprint density at radius 1 is 1.00 bits per heavy atom. The van der Waals surface area contributed by atoms with Gasteiger partial charge in [0.05, 0.1) is 11.1 Å². The SMILES string of the molecule is Cc1ccc(C(N)C(=O)NCCCCN2C(=O)c3ccccc3C2=O)cc1. The van der Waals surface area contributed by atoms with Gasteiger partial charge in [0.2, 0.25) is 5.91 Å². The molecule has 3 rings (SSSR count). The molecule has 0 aromatic heterocycles. The highest BCUT2D eigenvalue weighted by Gasteiger charge is 2.34. The number of imide groups is 1. The summed E-state index contributed by atoms with van der Waals surface area (Å²) in [5.74, 6) is -0.735. The number of hydrogen-bond donors (Lipinski definition) is 2. The first-order valence-corrected chi connectivity index (χ1v) is 9.04. The van der Waals surface area contributed by atoms with Crippen LogP contribution in [-0.4, -0.2) is 35.7 Å². The third-order valence-electron chi connectivity index (χ3n) is 4.70.